The Balaban J connectivity index is 2.54. The molecule has 0 amide bonds. The smallest absolute Gasteiger partial charge is 0.167 e. The number of hydrogen-bond donors (Lipinski definition) is 0. The zero-order valence-corrected chi connectivity index (χ0v) is 9.35. The summed E-state index contributed by atoms with van der Waals surface area (Å²) < 4.78 is 11.7. The van der Waals surface area contributed by atoms with E-state index in [0.717, 1.165) is 32.5 Å². The summed E-state index contributed by atoms with van der Waals surface area (Å²) in [5.41, 5.74) is 0.230. The summed E-state index contributed by atoms with van der Waals surface area (Å²) in [5, 5.41) is 0. The van der Waals surface area contributed by atoms with Crippen molar-refractivity contribution in [2.24, 2.45) is 5.41 Å². The highest BCUT2D eigenvalue weighted by atomic mass is 16.7. The first-order valence-electron chi connectivity index (χ1n) is 5.37. The summed E-state index contributed by atoms with van der Waals surface area (Å²) in [6.07, 6.45) is 3.02. The molecule has 1 aliphatic heterocycles. The summed E-state index contributed by atoms with van der Waals surface area (Å²) in [6.45, 7) is 10.3. The molecule has 1 rings (SSSR count). The van der Waals surface area contributed by atoms with Crippen LogP contribution in [0.3, 0.4) is 0 Å². The Hall–Kier alpha value is -0.0800. The standard InChI is InChI=1S/C11H22O2/c1-5-10(4)8-12-11(6-2,7-3)13-9-10/h5-9H2,1-4H3. The molecule has 0 aromatic carbocycles. The lowest BCUT2D eigenvalue weighted by molar-refractivity contribution is -0.304. The molecule has 2 heteroatoms. The van der Waals surface area contributed by atoms with Crippen molar-refractivity contribution in [3.05, 3.63) is 0 Å². The van der Waals surface area contributed by atoms with Gasteiger partial charge in [-0.3, -0.25) is 0 Å². The van der Waals surface area contributed by atoms with Crippen molar-refractivity contribution in [3.63, 3.8) is 0 Å². The van der Waals surface area contributed by atoms with Crippen LogP contribution in [0.15, 0.2) is 0 Å². The average Bonchev–Trinajstić information content (AvgIpc) is 2.20. The summed E-state index contributed by atoms with van der Waals surface area (Å²) in [5.74, 6) is -0.283. The molecule has 2 nitrogen and oxygen atoms in total. The summed E-state index contributed by atoms with van der Waals surface area (Å²) in [7, 11) is 0. The predicted octanol–water partition coefficient (Wildman–Crippen LogP) is 2.97. The monoisotopic (exact) mass is 186 g/mol. The van der Waals surface area contributed by atoms with Crippen molar-refractivity contribution < 1.29 is 9.47 Å². The molecule has 0 aliphatic carbocycles. The predicted molar refractivity (Wildman–Crippen MR) is 53.6 cm³/mol. The van der Waals surface area contributed by atoms with Gasteiger partial charge in [-0.25, -0.2) is 0 Å². The molecule has 0 radical (unpaired) electrons. The number of ether oxygens (including phenoxy) is 2. The minimum absolute atomic E-state index is 0.230. The van der Waals surface area contributed by atoms with E-state index in [4.69, 9.17) is 9.47 Å². The van der Waals surface area contributed by atoms with E-state index >= 15 is 0 Å². The van der Waals surface area contributed by atoms with E-state index < -0.39 is 0 Å². The lowest BCUT2D eigenvalue weighted by Gasteiger charge is -2.44. The van der Waals surface area contributed by atoms with Gasteiger partial charge in [-0.15, -0.1) is 0 Å². The third-order valence-corrected chi connectivity index (χ3v) is 3.30. The largest absolute Gasteiger partial charge is 0.349 e. The van der Waals surface area contributed by atoms with Crippen LogP contribution >= 0.6 is 0 Å². The Bertz CT molecular complexity index is 151. The minimum atomic E-state index is -0.283. The van der Waals surface area contributed by atoms with Gasteiger partial charge < -0.3 is 9.47 Å². The lowest BCUT2D eigenvalue weighted by atomic mass is 9.88. The summed E-state index contributed by atoms with van der Waals surface area (Å²) >= 11 is 0. The second-order valence-electron chi connectivity index (χ2n) is 4.36. The van der Waals surface area contributed by atoms with Gasteiger partial charge >= 0.3 is 0 Å². The van der Waals surface area contributed by atoms with Crippen LogP contribution in [0, 0.1) is 5.41 Å². The summed E-state index contributed by atoms with van der Waals surface area (Å²) in [4.78, 5) is 0. The van der Waals surface area contributed by atoms with Crippen LogP contribution in [0.1, 0.15) is 47.0 Å². The average molecular weight is 186 g/mol. The maximum absolute atomic E-state index is 5.85. The first kappa shape index (κ1) is 11.0. The Labute approximate surface area is 81.6 Å². The fourth-order valence-corrected chi connectivity index (χ4v) is 1.56. The molecule has 0 aromatic heterocycles. The van der Waals surface area contributed by atoms with Crippen molar-refractivity contribution in [1.29, 1.82) is 0 Å². The van der Waals surface area contributed by atoms with E-state index in [1.165, 1.54) is 0 Å². The van der Waals surface area contributed by atoms with Crippen LogP contribution < -0.4 is 0 Å². The zero-order chi connectivity index (χ0) is 9.95. The quantitative estimate of drug-likeness (QED) is 0.674. The molecular formula is C11H22O2. The SMILES string of the molecule is CCC1(C)COC(CC)(CC)OC1. The van der Waals surface area contributed by atoms with Gasteiger partial charge in [0.2, 0.25) is 0 Å². The van der Waals surface area contributed by atoms with Gasteiger partial charge in [0.25, 0.3) is 0 Å². The molecule has 1 fully saturated rings. The van der Waals surface area contributed by atoms with Crippen molar-refractivity contribution in [2.75, 3.05) is 13.2 Å². The number of hydrogen-bond acceptors (Lipinski definition) is 2. The highest BCUT2D eigenvalue weighted by molar-refractivity contribution is 4.80. The van der Waals surface area contributed by atoms with Gasteiger partial charge in [0.1, 0.15) is 0 Å². The Morgan fingerprint density at radius 1 is 0.923 bits per heavy atom. The molecule has 13 heavy (non-hydrogen) atoms. The van der Waals surface area contributed by atoms with Gasteiger partial charge in [-0.2, -0.15) is 0 Å². The Kier molecular flexibility index (Phi) is 3.36. The first-order chi connectivity index (χ1) is 6.10. The van der Waals surface area contributed by atoms with Crippen LogP contribution in [0.25, 0.3) is 0 Å². The van der Waals surface area contributed by atoms with E-state index in [2.05, 4.69) is 27.7 Å². The maximum atomic E-state index is 5.85. The van der Waals surface area contributed by atoms with Gasteiger partial charge in [-0.05, 0) is 19.3 Å². The van der Waals surface area contributed by atoms with E-state index in [1.807, 2.05) is 0 Å². The van der Waals surface area contributed by atoms with Gasteiger partial charge in [0, 0.05) is 5.41 Å². The molecule has 0 aromatic rings. The van der Waals surface area contributed by atoms with Gasteiger partial charge in [0.15, 0.2) is 5.79 Å². The molecule has 1 aliphatic rings. The zero-order valence-electron chi connectivity index (χ0n) is 9.35. The number of rotatable bonds is 3. The van der Waals surface area contributed by atoms with Crippen molar-refractivity contribution >= 4 is 0 Å². The van der Waals surface area contributed by atoms with Crippen molar-refractivity contribution in [3.8, 4) is 0 Å². The Morgan fingerprint density at radius 3 is 1.69 bits per heavy atom. The van der Waals surface area contributed by atoms with Crippen LogP contribution in [0.4, 0.5) is 0 Å². The molecule has 0 spiro atoms. The molecule has 0 unspecified atom stereocenters. The third kappa shape index (κ3) is 2.23. The van der Waals surface area contributed by atoms with Crippen LogP contribution in [-0.2, 0) is 9.47 Å². The molecule has 0 saturated carbocycles. The molecule has 0 N–H and O–H groups in total. The lowest BCUT2D eigenvalue weighted by Crippen LogP contribution is -2.47. The van der Waals surface area contributed by atoms with Crippen LogP contribution in [-0.4, -0.2) is 19.0 Å². The fraction of sp³-hybridized carbons (Fsp3) is 1.00. The molecule has 0 atom stereocenters. The van der Waals surface area contributed by atoms with Crippen molar-refractivity contribution in [2.45, 2.75) is 52.7 Å². The second kappa shape index (κ2) is 3.97. The first-order valence-corrected chi connectivity index (χ1v) is 5.37. The highest BCUT2D eigenvalue weighted by Gasteiger charge is 2.39. The topological polar surface area (TPSA) is 18.5 Å². The molecule has 0 bridgehead atoms. The van der Waals surface area contributed by atoms with Gasteiger partial charge in [0.05, 0.1) is 13.2 Å². The van der Waals surface area contributed by atoms with E-state index in [0.29, 0.717) is 0 Å². The normalized spacial score (nSPS) is 25.8. The highest BCUT2D eigenvalue weighted by Crippen LogP contribution is 2.35. The minimum Gasteiger partial charge on any atom is -0.349 e. The summed E-state index contributed by atoms with van der Waals surface area (Å²) in [6, 6.07) is 0. The van der Waals surface area contributed by atoms with E-state index in [9.17, 15) is 0 Å². The molecule has 1 saturated heterocycles. The van der Waals surface area contributed by atoms with Crippen LogP contribution in [0.5, 0.6) is 0 Å². The second-order valence-corrected chi connectivity index (χ2v) is 4.36. The molecule has 1 heterocycles. The molecule has 78 valence electrons. The Morgan fingerprint density at radius 2 is 1.38 bits per heavy atom. The van der Waals surface area contributed by atoms with E-state index in [-0.39, 0.29) is 11.2 Å². The van der Waals surface area contributed by atoms with Gasteiger partial charge in [-0.1, -0.05) is 27.7 Å². The van der Waals surface area contributed by atoms with Crippen LogP contribution in [0.2, 0.25) is 0 Å². The maximum Gasteiger partial charge on any atom is 0.167 e. The third-order valence-electron chi connectivity index (χ3n) is 3.30. The molecular weight excluding hydrogens is 164 g/mol. The van der Waals surface area contributed by atoms with Crippen molar-refractivity contribution in [1.82, 2.24) is 0 Å². The fourth-order valence-electron chi connectivity index (χ4n) is 1.56. The van der Waals surface area contributed by atoms with E-state index in [1.54, 1.807) is 0 Å².